The maximum absolute atomic E-state index is 9.48. The SMILES string of the molecule is CCc1ccc(CN2CCN(C3CCCCC3)C(CCO)C2)o1. The Bertz CT molecular complexity index is 468. The number of aryl methyl sites for hydroxylation is 1. The lowest BCUT2D eigenvalue weighted by Gasteiger charge is -2.46. The molecule has 23 heavy (non-hydrogen) atoms. The lowest BCUT2D eigenvalue weighted by molar-refractivity contribution is 0.0115. The quantitative estimate of drug-likeness (QED) is 0.874. The Kier molecular flexibility index (Phi) is 6.15. The molecule has 1 aromatic heterocycles. The fourth-order valence-electron chi connectivity index (χ4n) is 4.29. The highest BCUT2D eigenvalue weighted by molar-refractivity contribution is 5.07. The summed E-state index contributed by atoms with van der Waals surface area (Å²) >= 11 is 0. The van der Waals surface area contributed by atoms with Gasteiger partial charge in [0.2, 0.25) is 0 Å². The van der Waals surface area contributed by atoms with Gasteiger partial charge in [-0.2, -0.15) is 0 Å². The van der Waals surface area contributed by atoms with E-state index in [0.717, 1.165) is 56.6 Å². The summed E-state index contributed by atoms with van der Waals surface area (Å²) in [5.74, 6) is 2.16. The van der Waals surface area contributed by atoms with Gasteiger partial charge in [-0.15, -0.1) is 0 Å². The number of piperazine rings is 1. The molecular weight excluding hydrogens is 288 g/mol. The van der Waals surface area contributed by atoms with E-state index in [0.29, 0.717) is 12.6 Å². The van der Waals surface area contributed by atoms with Gasteiger partial charge in [0.15, 0.2) is 0 Å². The van der Waals surface area contributed by atoms with Crippen molar-refractivity contribution in [2.24, 2.45) is 0 Å². The predicted molar refractivity (Wildman–Crippen MR) is 92.4 cm³/mol. The van der Waals surface area contributed by atoms with Crippen molar-refractivity contribution in [1.82, 2.24) is 9.80 Å². The van der Waals surface area contributed by atoms with Crippen molar-refractivity contribution >= 4 is 0 Å². The highest BCUT2D eigenvalue weighted by Crippen LogP contribution is 2.27. The zero-order valence-corrected chi connectivity index (χ0v) is 14.5. The molecule has 1 aromatic rings. The maximum atomic E-state index is 9.48. The first-order chi connectivity index (χ1) is 11.3. The van der Waals surface area contributed by atoms with E-state index in [1.54, 1.807) is 0 Å². The van der Waals surface area contributed by atoms with Gasteiger partial charge in [-0.3, -0.25) is 9.80 Å². The molecular formula is C19H32N2O2. The van der Waals surface area contributed by atoms with Crippen LogP contribution in [0.3, 0.4) is 0 Å². The van der Waals surface area contributed by atoms with Crippen molar-refractivity contribution < 1.29 is 9.52 Å². The third-order valence-corrected chi connectivity index (χ3v) is 5.56. The molecule has 1 aliphatic carbocycles. The lowest BCUT2D eigenvalue weighted by Crippen LogP contribution is -2.56. The Morgan fingerprint density at radius 3 is 2.61 bits per heavy atom. The number of furan rings is 1. The molecule has 3 rings (SSSR count). The van der Waals surface area contributed by atoms with Gasteiger partial charge in [-0.1, -0.05) is 26.2 Å². The Morgan fingerprint density at radius 2 is 1.91 bits per heavy atom. The smallest absolute Gasteiger partial charge is 0.118 e. The van der Waals surface area contributed by atoms with Crippen LogP contribution in [0.1, 0.15) is 57.0 Å². The third-order valence-electron chi connectivity index (χ3n) is 5.56. The maximum Gasteiger partial charge on any atom is 0.118 e. The number of nitrogens with zero attached hydrogens (tertiary/aromatic N) is 2. The van der Waals surface area contributed by atoms with Crippen LogP contribution in [0.15, 0.2) is 16.5 Å². The first-order valence-corrected chi connectivity index (χ1v) is 9.46. The van der Waals surface area contributed by atoms with Gasteiger partial charge in [0, 0.05) is 44.7 Å². The molecule has 0 bridgehead atoms. The van der Waals surface area contributed by atoms with Gasteiger partial charge < -0.3 is 9.52 Å². The Morgan fingerprint density at radius 1 is 1.13 bits per heavy atom. The molecule has 0 aromatic carbocycles. The Hall–Kier alpha value is -0.840. The first kappa shape index (κ1) is 17.0. The molecule has 1 atom stereocenters. The number of aliphatic hydroxyl groups excluding tert-OH is 1. The van der Waals surface area contributed by atoms with Crippen molar-refractivity contribution in [3.63, 3.8) is 0 Å². The van der Waals surface area contributed by atoms with Crippen LogP contribution in [0.4, 0.5) is 0 Å². The fourth-order valence-corrected chi connectivity index (χ4v) is 4.29. The number of rotatable bonds is 6. The van der Waals surface area contributed by atoms with Crippen LogP contribution in [-0.4, -0.2) is 53.2 Å². The lowest BCUT2D eigenvalue weighted by atomic mass is 9.92. The second-order valence-electron chi connectivity index (χ2n) is 7.15. The highest BCUT2D eigenvalue weighted by atomic mass is 16.3. The van der Waals surface area contributed by atoms with E-state index in [9.17, 15) is 5.11 Å². The van der Waals surface area contributed by atoms with E-state index >= 15 is 0 Å². The molecule has 1 N–H and O–H groups in total. The third kappa shape index (κ3) is 4.37. The standard InChI is InChI=1S/C19H32N2O2/c1-2-18-8-9-19(23-18)15-20-11-12-21(17(14-20)10-13-22)16-6-4-3-5-7-16/h8-9,16-17,22H,2-7,10-15H2,1H3. The minimum Gasteiger partial charge on any atom is -0.465 e. The van der Waals surface area contributed by atoms with E-state index in [-0.39, 0.29) is 0 Å². The van der Waals surface area contributed by atoms with Crippen molar-refractivity contribution in [3.8, 4) is 0 Å². The van der Waals surface area contributed by atoms with E-state index in [4.69, 9.17) is 4.42 Å². The zero-order valence-electron chi connectivity index (χ0n) is 14.5. The second kappa shape index (κ2) is 8.32. The molecule has 4 heteroatoms. The molecule has 0 spiro atoms. The largest absolute Gasteiger partial charge is 0.465 e. The number of hydrogen-bond donors (Lipinski definition) is 1. The molecule has 2 aliphatic rings. The van der Waals surface area contributed by atoms with Gasteiger partial charge in [0.25, 0.3) is 0 Å². The van der Waals surface area contributed by atoms with Crippen molar-refractivity contribution in [2.45, 2.75) is 70.5 Å². The molecule has 0 radical (unpaired) electrons. The molecule has 1 aliphatic heterocycles. The van der Waals surface area contributed by atoms with Crippen LogP contribution in [0.2, 0.25) is 0 Å². The predicted octanol–water partition coefficient (Wildman–Crippen LogP) is 3.04. The molecule has 1 saturated heterocycles. The first-order valence-electron chi connectivity index (χ1n) is 9.46. The van der Waals surface area contributed by atoms with Gasteiger partial charge in [0.1, 0.15) is 11.5 Å². The van der Waals surface area contributed by atoms with Crippen LogP contribution in [0.5, 0.6) is 0 Å². The number of aliphatic hydroxyl groups is 1. The normalized spacial score (nSPS) is 25.0. The minimum absolute atomic E-state index is 0.294. The van der Waals surface area contributed by atoms with E-state index < -0.39 is 0 Å². The van der Waals surface area contributed by atoms with Crippen LogP contribution in [-0.2, 0) is 13.0 Å². The summed E-state index contributed by atoms with van der Waals surface area (Å²) in [4.78, 5) is 5.20. The summed E-state index contributed by atoms with van der Waals surface area (Å²) in [6.45, 7) is 6.63. The van der Waals surface area contributed by atoms with E-state index in [1.807, 2.05) is 0 Å². The summed E-state index contributed by atoms with van der Waals surface area (Å²) in [5, 5.41) is 9.48. The molecule has 130 valence electrons. The van der Waals surface area contributed by atoms with Gasteiger partial charge >= 0.3 is 0 Å². The average Bonchev–Trinajstić information content (AvgIpc) is 3.04. The zero-order chi connectivity index (χ0) is 16.1. The molecule has 0 amide bonds. The molecule has 1 saturated carbocycles. The van der Waals surface area contributed by atoms with E-state index in [1.165, 1.54) is 32.1 Å². The van der Waals surface area contributed by atoms with Crippen LogP contribution >= 0.6 is 0 Å². The molecule has 2 heterocycles. The van der Waals surface area contributed by atoms with E-state index in [2.05, 4.69) is 28.9 Å². The Labute approximate surface area is 140 Å². The summed E-state index contributed by atoms with van der Waals surface area (Å²) in [6.07, 6.45) is 8.71. The van der Waals surface area contributed by atoms with Crippen LogP contribution in [0.25, 0.3) is 0 Å². The second-order valence-corrected chi connectivity index (χ2v) is 7.15. The summed E-state index contributed by atoms with van der Waals surface area (Å²) in [5.41, 5.74) is 0. The molecule has 4 nitrogen and oxygen atoms in total. The van der Waals surface area contributed by atoms with Crippen molar-refractivity contribution in [1.29, 1.82) is 0 Å². The monoisotopic (exact) mass is 320 g/mol. The average molecular weight is 320 g/mol. The van der Waals surface area contributed by atoms with Gasteiger partial charge in [-0.05, 0) is 31.4 Å². The van der Waals surface area contributed by atoms with Crippen LogP contribution in [0, 0.1) is 0 Å². The highest BCUT2D eigenvalue weighted by Gasteiger charge is 2.32. The molecule has 1 unspecified atom stereocenters. The number of hydrogen-bond acceptors (Lipinski definition) is 4. The molecule has 2 fully saturated rings. The topological polar surface area (TPSA) is 39.9 Å². The van der Waals surface area contributed by atoms with Crippen molar-refractivity contribution in [3.05, 3.63) is 23.7 Å². The van der Waals surface area contributed by atoms with Gasteiger partial charge in [-0.25, -0.2) is 0 Å². The van der Waals surface area contributed by atoms with Crippen molar-refractivity contribution in [2.75, 3.05) is 26.2 Å². The Balaban J connectivity index is 1.58. The van der Waals surface area contributed by atoms with Gasteiger partial charge in [0.05, 0.1) is 6.54 Å². The summed E-state index contributed by atoms with van der Waals surface area (Å²) in [7, 11) is 0. The summed E-state index contributed by atoms with van der Waals surface area (Å²) in [6, 6.07) is 5.46. The minimum atomic E-state index is 0.294. The fraction of sp³-hybridized carbons (Fsp3) is 0.789. The van der Waals surface area contributed by atoms with Crippen LogP contribution < -0.4 is 0 Å². The summed E-state index contributed by atoms with van der Waals surface area (Å²) < 4.78 is 5.87.